The van der Waals surface area contributed by atoms with Gasteiger partial charge >= 0.3 is 0 Å². The standard InChI is InChI=1S/C18H25N5/c1-20(2)18-10-17(7-6-16(18)11-19)23-14-15(12-21(23)3)13-22-8-4-5-9-22/h6-7,10,14H,4-5,8-9,12-13H2,1-3H3. The number of hydrogen-bond acceptors (Lipinski definition) is 5. The number of likely N-dealkylation sites (tertiary alicyclic amines) is 1. The highest BCUT2D eigenvalue weighted by atomic mass is 15.6. The van der Waals surface area contributed by atoms with Gasteiger partial charge in [0, 0.05) is 40.4 Å². The Bertz CT molecular complexity index is 637. The molecule has 0 N–H and O–H groups in total. The van der Waals surface area contributed by atoms with Gasteiger partial charge in [-0.2, -0.15) is 5.26 Å². The van der Waals surface area contributed by atoms with Crippen LogP contribution in [0.15, 0.2) is 30.0 Å². The maximum Gasteiger partial charge on any atom is 0.101 e. The van der Waals surface area contributed by atoms with Crippen molar-refractivity contribution in [2.45, 2.75) is 12.8 Å². The van der Waals surface area contributed by atoms with Crippen molar-refractivity contribution in [2.24, 2.45) is 0 Å². The van der Waals surface area contributed by atoms with Gasteiger partial charge in [-0.15, -0.1) is 0 Å². The van der Waals surface area contributed by atoms with E-state index in [0.29, 0.717) is 5.56 Å². The summed E-state index contributed by atoms with van der Waals surface area (Å²) in [7, 11) is 6.06. The molecule has 2 heterocycles. The Kier molecular flexibility index (Phi) is 4.56. The Hall–Kier alpha value is -2.03. The van der Waals surface area contributed by atoms with E-state index < -0.39 is 0 Å². The highest BCUT2D eigenvalue weighted by Crippen LogP contribution is 2.29. The van der Waals surface area contributed by atoms with Gasteiger partial charge in [-0.1, -0.05) is 0 Å². The first-order chi connectivity index (χ1) is 11.1. The van der Waals surface area contributed by atoms with Crippen molar-refractivity contribution in [3.05, 3.63) is 35.5 Å². The highest BCUT2D eigenvalue weighted by molar-refractivity contribution is 5.67. The fraction of sp³-hybridized carbons (Fsp3) is 0.500. The van der Waals surface area contributed by atoms with Gasteiger partial charge < -0.3 is 4.90 Å². The summed E-state index contributed by atoms with van der Waals surface area (Å²) in [5.41, 5.74) is 4.22. The number of nitriles is 1. The minimum absolute atomic E-state index is 0.710. The fourth-order valence-electron chi connectivity index (χ4n) is 3.40. The third-order valence-electron chi connectivity index (χ3n) is 4.58. The summed E-state index contributed by atoms with van der Waals surface area (Å²) < 4.78 is 0. The molecule has 5 nitrogen and oxygen atoms in total. The van der Waals surface area contributed by atoms with Crippen LogP contribution in [-0.4, -0.2) is 57.2 Å². The molecule has 1 aromatic rings. The Morgan fingerprint density at radius 1 is 1.22 bits per heavy atom. The van der Waals surface area contributed by atoms with Gasteiger partial charge in [0.15, 0.2) is 0 Å². The quantitative estimate of drug-likeness (QED) is 0.852. The molecule has 0 atom stereocenters. The highest BCUT2D eigenvalue weighted by Gasteiger charge is 2.23. The second kappa shape index (κ2) is 6.61. The van der Waals surface area contributed by atoms with Crippen LogP contribution in [0.5, 0.6) is 0 Å². The molecule has 0 amide bonds. The molecule has 122 valence electrons. The summed E-state index contributed by atoms with van der Waals surface area (Å²) in [6.07, 6.45) is 4.91. The number of hydrazine groups is 1. The number of benzene rings is 1. The molecule has 3 rings (SSSR count). The second-order valence-electron chi connectivity index (χ2n) is 6.64. The van der Waals surface area contributed by atoms with Gasteiger partial charge in [0.05, 0.1) is 16.9 Å². The van der Waals surface area contributed by atoms with Crippen molar-refractivity contribution in [1.29, 1.82) is 5.26 Å². The lowest BCUT2D eigenvalue weighted by Gasteiger charge is -2.26. The Morgan fingerprint density at radius 3 is 2.61 bits per heavy atom. The van der Waals surface area contributed by atoms with Crippen LogP contribution in [0.2, 0.25) is 0 Å². The lowest BCUT2D eigenvalue weighted by atomic mass is 10.1. The summed E-state index contributed by atoms with van der Waals surface area (Å²) in [6, 6.07) is 8.29. The van der Waals surface area contributed by atoms with Crippen molar-refractivity contribution in [2.75, 3.05) is 57.2 Å². The molecular weight excluding hydrogens is 286 g/mol. The molecule has 0 aliphatic carbocycles. The third-order valence-corrected chi connectivity index (χ3v) is 4.58. The van der Waals surface area contributed by atoms with Gasteiger partial charge in [0.2, 0.25) is 0 Å². The maximum absolute atomic E-state index is 9.26. The lowest BCUT2D eigenvalue weighted by molar-refractivity contribution is 0.347. The van der Waals surface area contributed by atoms with E-state index >= 15 is 0 Å². The molecule has 0 saturated carbocycles. The van der Waals surface area contributed by atoms with Crippen LogP contribution in [0.4, 0.5) is 11.4 Å². The third kappa shape index (κ3) is 3.34. The largest absolute Gasteiger partial charge is 0.377 e. The molecule has 23 heavy (non-hydrogen) atoms. The topological polar surface area (TPSA) is 36.8 Å². The van der Waals surface area contributed by atoms with E-state index in [1.165, 1.54) is 31.5 Å². The normalized spacial score (nSPS) is 19.0. The molecule has 1 fully saturated rings. The van der Waals surface area contributed by atoms with E-state index in [9.17, 15) is 5.26 Å². The number of anilines is 2. The van der Waals surface area contributed by atoms with Gasteiger partial charge in [0.25, 0.3) is 0 Å². The summed E-state index contributed by atoms with van der Waals surface area (Å²) in [5.74, 6) is 0. The van der Waals surface area contributed by atoms with Crippen molar-refractivity contribution >= 4 is 11.4 Å². The molecular formula is C18H25N5. The predicted molar refractivity (Wildman–Crippen MR) is 94.4 cm³/mol. The molecule has 2 aliphatic heterocycles. The van der Waals surface area contributed by atoms with E-state index in [1.54, 1.807) is 0 Å². The van der Waals surface area contributed by atoms with Crippen LogP contribution >= 0.6 is 0 Å². The molecule has 0 radical (unpaired) electrons. The van der Waals surface area contributed by atoms with E-state index in [4.69, 9.17) is 0 Å². The molecule has 0 spiro atoms. The van der Waals surface area contributed by atoms with Crippen LogP contribution < -0.4 is 9.91 Å². The Balaban J connectivity index is 1.81. The summed E-state index contributed by atoms with van der Waals surface area (Å²) in [6.45, 7) is 4.48. The van der Waals surface area contributed by atoms with Crippen LogP contribution in [-0.2, 0) is 0 Å². The van der Waals surface area contributed by atoms with Gasteiger partial charge in [-0.25, -0.2) is 5.01 Å². The lowest BCUT2D eigenvalue weighted by Crippen LogP contribution is -2.32. The molecule has 0 aromatic heterocycles. The summed E-state index contributed by atoms with van der Waals surface area (Å²) in [4.78, 5) is 4.53. The van der Waals surface area contributed by atoms with E-state index in [-0.39, 0.29) is 0 Å². The zero-order valence-electron chi connectivity index (χ0n) is 14.3. The monoisotopic (exact) mass is 311 g/mol. The second-order valence-corrected chi connectivity index (χ2v) is 6.64. The number of nitrogens with zero attached hydrogens (tertiary/aromatic N) is 5. The van der Waals surface area contributed by atoms with E-state index in [0.717, 1.165) is 24.5 Å². The van der Waals surface area contributed by atoms with E-state index in [1.807, 2.05) is 31.1 Å². The molecule has 1 aromatic carbocycles. The Labute approximate surface area is 139 Å². The smallest absolute Gasteiger partial charge is 0.101 e. The summed E-state index contributed by atoms with van der Waals surface area (Å²) in [5, 5.41) is 13.7. The predicted octanol–water partition coefficient (Wildman–Crippen LogP) is 2.27. The molecule has 2 aliphatic rings. The minimum atomic E-state index is 0.710. The van der Waals surface area contributed by atoms with Gasteiger partial charge in [-0.3, -0.25) is 9.91 Å². The molecule has 0 unspecified atom stereocenters. The first-order valence-corrected chi connectivity index (χ1v) is 8.22. The SMILES string of the molecule is CN(C)c1cc(N2C=C(CN3CCCC3)CN2C)ccc1C#N. The van der Waals surface area contributed by atoms with Crippen molar-refractivity contribution in [1.82, 2.24) is 9.91 Å². The van der Waals surface area contributed by atoms with Crippen molar-refractivity contribution in [3.8, 4) is 6.07 Å². The first kappa shape index (κ1) is 15.9. The van der Waals surface area contributed by atoms with Crippen LogP contribution in [0.1, 0.15) is 18.4 Å². The van der Waals surface area contributed by atoms with E-state index in [2.05, 4.69) is 40.3 Å². The van der Waals surface area contributed by atoms with Crippen LogP contribution in [0.3, 0.4) is 0 Å². The summed E-state index contributed by atoms with van der Waals surface area (Å²) >= 11 is 0. The number of likely N-dealkylation sites (N-methyl/N-ethyl adjacent to an activating group) is 1. The van der Waals surface area contributed by atoms with Crippen molar-refractivity contribution in [3.63, 3.8) is 0 Å². The minimum Gasteiger partial charge on any atom is -0.377 e. The van der Waals surface area contributed by atoms with Crippen LogP contribution in [0, 0.1) is 11.3 Å². The van der Waals surface area contributed by atoms with Crippen LogP contribution in [0.25, 0.3) is 0 Å². The Morgan fingerprint density at radius 2 is 1.96 bits per heavy atom. The molecule has 5 heteroatoms. The number of hydrogen-bond donors (Lipinski definition) is 0. The zero-order chi connectivity index (χ0) is 16.4. The van der Waals surface area contributed by atoms with Gasteiger partial charge in [0.1, 0.15) is 6.07 Å². The zero-order valence-corrected chi connectivity index (χ0v) is 14.3. The van der Waals surface area contributed by atoms with Gasteiger partial charge in [-0.05, 0) is 49.7 Å². The average molecular weight is 311 g/mol. The number of rotatable bonds is 4. The molecule has 1 saturated heterocycles. The fourth-order valence-corrected chi connectivity index (χ4v) is 3.40. The first-order valence-electron chi connectivity index (χ1n) is 8.22. The molecule has 0 bridgehead atoms. The van der Waals surface area contributed by atoms with Crippen molar-refractivity contribution < 1.29 is 0 Å². The maximum atomic E-state index is 9.26. The average Bonchev–Trinajstić information content (AvgIpc) is 3.16.